The molecule has 9 atom stereocenters. The molecule has 0 unspecified atom stereocenters. The van der Waals surface area contributed by atoms with Crippen molar-refractivity contribution in [2.75, 3.05) is 13.4 Å². The van der Waals surface area contributed by atoms with Gasteiger partial charge in [-0.05, 0) is 61.4 Å². The zero-order chi connectivity index (χ0) is 31.5. The summed E-state index contributed by atoms with van der Waals surface area (Å²) in [6.45, 7) is 3.29. The summed E-state index contributed by atoms with van der Waals surface area (Å²) in [5.74, 6) is -0.760. The monoisotopic (exact) mass is 617 g/mol. The second-order valence-electron chi connectivity index (χ2n) is 11.0. The fourth-order valence-corrected chi connectivity index (χ4v) is 5.46. The SMILES string of the molecule is CC(=Cc1ccc(O[C@H]2C[C@H](O)[C@@H](C(C)=CCOc3cccc(F)c3)O2)c(O)c1)C(=O)N[C@@H]1[C@H](O)[C@@H](O)[C@H]2OCO[C@H]2[C@@H]1O. The van der Waals surface area contributed by atoms with Crippen molar-refractivity contribution >= 4 is 12.0 Å². The van der Waals surface area contributed by atoms with E-state index in [1.165, 1.54) is 37.3 Å². The predicted molar refractivity (Wildman–Crippen MR) is 152 cm³/mol. The van der Waals surface area contributed by atoms with Gasteiger partial charge in [0.15, 0.2) is 11.5 Å². The molecule has 0 spiro atoms. The van der Waals surface area contributed by atoms with E-state index in [0.29, 0.717) is 16.9 Å². The highest BCUT2D eigenvalue weighted by molar-refractivity contribution is 5.97. The highest BCUT2D eigenvalue weighted by Gasteiger charge is 2.53. The zero-order valence-corrected chi connectivity index (χ0v) is 24.1. The second kappa shape index (κ2) is 13.6. The molecular weight excluding hydrogens is 581 g/mol. The summed E-state index contributed by atoms with van der Waals surface area (Å²) in [6.07, 6.45) is -4.95. The Balaban J connectivity index is 1.15. The Morgan fingerprint density at radius 1 is 1.05 bits per heavy atom. The zero-order valence-electron chi connectivity index (χ0n) is 24.1. The summed E-state index contributed by atoms with van der Waals surface area (Å²) in [7, 11) is 0. The third-order valence-corrected chi connectivity index (χ3v) is 7.87. The van der Waals surface area contributed by atoms with Crippen molar-refractivity contribution in [2.24, 2.45) is 0 Å². The third-order valence-electron chi connectivity index (χ3n) is 7.87. The molecule has 3 aliphatic rings. The quantitative estimate of drug-likeness (QED) is 0.176. The van der Waals surface area contributed by atoms with Crippen molar-refractivity contribution in [1.29, 1.82) is 0 Å². The van der Waals surface area contributed by atoms with Gasteiger partial charge >= 0.3 is 0 Å². The van der Waals surface area contributed by atoms with Crippen molar-refractivity contribution in [2.45, 2.75) is 75.3 Å². The number of ether oxygens (including phenoxy) is 5. The number of aromatic hydroxyl groups is 1. The molecule has 1 aliphatic carbocycles. The van der Waals surface area contributed by atoms with Crippen LogP contribution in [0.3, 0.4) is 0 Å². The first kappa shape index (κ1) is 31.9. The Morgan fingerprint density at radius 2 is 1.80 bits per heavy atom. The standard InChI is InChI=1S/C31H36FNO11/c1-15(8-9-40-19-5-3-4-18(32)12-19)28-21(35)13-23(44-28)43-22-7-6-17(11-20(22)34)10-16(2)31(39)33-24-25(36)27(38)30-29(26(24)37)41-14-42-30/h3-8,10-12,21,23-30,34-38H,9,13-14H2,1-2H3,(H,33,39)/t21-,23+,24+,25-,26+,27+,28+,29-,30+/m0/s1. The van der Waals surface area contributed by atoms with Crippen molar-refractivity contribution in [1.82, 2.24) is 5.32 Å². The molecular formula is C31H36FNO11. The number of rotatable bonds is 9. The Kier molecular flexibility index (Phi) is 9.85. The number of halogens is 1. The smallest absolute Gasteiger partial charge is 0.247 e. The number of phenolic OH excluding ortho intramolecular Hbond substituents is 1. The van der Waals surface area contributed by atoms with Crippen LogP contribution in [0.4, 0.5) is 4.39 Å². The van der Waals surface area contributed by atoms with Crippen LogP contribution in [0.1, 0.15) is 25.8 Å². The minimum absolute atomic E-state index is 0.106. The van der Waals surface area contributed by atoms with Crippen molar-refractivity contribution < 1.29 is 58.4 Å². The summed E-state index contributed by atoms with van der Waals surface area (Å²) >= 11 is 0. The van der Waals surface area contributed by atoms with Gasteiger partial charge in [0, 0.05) is 18.1 Å². The van der Waals surface area contributed by atoms with Gasteiger partial charge in [0.25, 0.3) is 0 Å². The van der Waals surface area contributed by atoms with Gasteiger partial charge in [-0.15, -0.1) is 0 Å². The van der Waals surface area contributed by atoms with Crippen LogP contribution >= 0.6 is 0 Å². The van der Waals surface area contributed by atoms with Crippen LogP contribution in [0.15, 0.2) is 59.7 Å². The minimum atomic E-state index is -1.48. The van der Waals surface area contributed by atoms with Gasteiger partial charge < -0.3 is 54.5 Å². The third kappa shape index (κ3) is 7.05. The largest absolute Gasteiger partial charge is 0.504 e. The number of phenols is 1. The van der Waals surface area contributed by atoms with E-state index in [4.69, 9.17) is 23.7 Å². The van der Waals surface area contributed by atoms with Gasteiger partial charge in [-0.25, -0.2) is 4.39 Å². The molecule has 1 amide bonds. The number of hydrogen-bond acceptors (Lipinski definition) is 11. The molecule has 6 N–H and O–H groups in total. The Labute approximate surface area is 252 Å². The summed E-state index contributed by atoms with van der Waals surface area (Å²) < 4.78 is 41.0. The van der Waals surface area contributed by atoms with Crippen LogP contribution in [0.5, 0.6) is 17.2 Å². The highest BCUT2D eigenvalue weighted by Crippen LogP contribution is 2.34. The fourth-order valence-electron chi connectivity index (χ4n) is 5.46. The molecule has 13 heteroatoms. The van der Waals surface area contributed by atoms with Crippen LogP contribution in [0.25, 0.3) is 6.08 Å². The van der Waals surface area contributed by atoms with Crippen LogP contribution in [-0.2, 0) is 19.0 Å². The molecule has 2 aliphatic heterocycles. The molecule has 12 nitrogen and oxygen atoms in total. The van der Waals surface area contributed by atoms with Gasteiger partial charge in [0.05, 0.1) is 12.1 Å². The van der Waals surface area contributed by atoms with Gasteiger partial charge in [-0.3, -0.25) is 4.79 Å². The van der Waals surface area contributed by atoms with E-state index in [9.17, 15) is 34.7 Å². The fraction of sp³-hybridized carbons (Fsp3) is 0.452. The van der Waals surface area contributed by atoms with Gasteiger partial charge in [-0.1, -0.05) is 12.1 Å². The molecule has 0 aromatic heterocycles. The molecule has 2 aromatic rings. The molecule has 5 rings (SSSR count). The van der Waals surface area contributed by atoms with Crippen LogP contribution in [0, 0.1) is 5.82 Å². The van der Waals surface area contributed by atoms with Gasteiger partial charge in [-0.2, -0.15) is 0 Å². The number of carbonyl (C=O) groups is 1. The maximum Gasteiger partial charge on any atom is 0.247 e. The lowest BCUT2D eigenvalue weighted by atomic mass is 9.83. The first-order chi connectivity index (χ1) is 21.0. The minimum Gasteiger partial charge on any atom is -0.504 e. The summed E-state index contributed by atoms with van der Waals surface area (Å²) in [4.78, 5) is 12.8. The predicted octanol–water partition coefficient (Wildman–Crippen LogP) is 1.14. The van der Waals surface area contributed by atoms with Crippen LogP contribution in [0.2, 0.25) is 0 Å². The number of aliphatic hydroxyl groups excluding tert-OH is 4. The van der Waals surface area contributed by atoms with E-state index in [1.54, 1.807) is 31.2 Å². The molecule has 3 fully saturated rings. The number of fused-ring (bicyclic) bond motifs is 1. The molecule has 0 radical (unpaired) electrons. The maximum atomic E-state index is 13.3. The Morgan fingerprint density at radius 3 is 2.52 bits per heavy atom. The Hall–Kier alpha value is -3.56. The first-order valence-electron chi connectivity index (χ1n) is 14.2. The molecule has 2 heterocycles. The van der Waals surface area contributed by atoms with Crippen molar-refractivity contribution in [3.05, 3.63) is 71.1 Å². The lowest BCUT2D eigenvalue weighted by Crippen LogP contribution is -2.67. The van der Waals surface area contributed by atoms with Crippen molar-refractivity contribution in [3.8, 4) is 17.2 Å². The number of hydrogen-bond donors (Lipinski definition) is 6. The maximum absolute atomic E-state index is 13.3. The van der Waals surface area contributed by atoms with E-state index in [1.807, 2.05) is 0 Å². The number of nitrogens with one attached hydrogen (secondary N) is 1. The normalized spacial score (nSPS) is 32.3. The lowest BCUT2D eigenvalue weighted by molar-refractivity contribution is -0.155. The van der Waals surface area contributed by atoms with Gasteiger partial charge in [0.2, 0.25) is 12.2 Å². The first-order valence-corrected chi connectivity index (χ1v) is 14.2. The lowest BCUT2D eigenvalue weighted by Gasteiger charge is -2.41. The van der Waals surface area contributed by atoms with E-state index in [0.717, 1.165) is 0 Å². The topological polar surface area (TPSA) is 176 Å². The van der Waals surface area contributed by atoms with E-state index in [-0.39, 0.29) is 36.9 Å². The average molecular weight is 618 g/mol. The molecule has 238 valence electrons. The number of amides is 1. The average Bonchev–Trinajstić information content (AvgIpc) is 3.62. The highest BCUT2D eigenvalue weighted by atomic mass is 19.1. The second-order valence-corrected chi connectivity index (χ2v) is 11.0. The van der Waals surface area contributed by atoms with E-state index >= 15 is 0 Å². The van der Waals surface area contributed by atoms with E-state index < -0.39 is 66.8 Å². The summed E-state index contributed by atoms with van der Waals surface area (Å²) in [6, 6.07) is 9.05. The number of carbonyl (C=O) groups excluding carboxylic acids is 1. The molecule has 2 aromatic carbocycles. The van der Waals surface area contributed by atoms with Crippen LogP contribution < -0.4 is 14.8 Å². The van der Waals surface area contributed by atoms with E-state index in [2.05, 4.69) is 5.32 Å². The van der Waals surface area contributed by atoms with Crippen molar-refractivity contribution in [3.63, 3.8) is 0 Å². The Bertz CT molecular complexity index is 1400. The van der Waals surface area contributed by atoms with Gasteiger partial charge in [0.1, 0.15) is 61.6 Å². The number of aliphatic hydroxyl groups is 4. The summed E-state index contributed by atoms with van der Waals surface area (Å²) in [5, 5.41) is 55.0. The molecule has 44 heavy (non-hydrogen) atoms. The number of benzene rings is 2. The molecule has 2 saturated heterocycles. The molecule has 1 saturated carbocycles. The molecule has 0 bridgehead atoms. The summed E-state index contributed by atoms with van der Waals surface area (Å²) in [5.41, 5.74) is 1.36. The van der Waals surface area contributed by atoms with Crippen LogP contribution in [-0.4, -0.2) is 99.9 Å².